The summed E-state index contributed by atoms with van der Waals surface area (Å²) >= 11 is 0. The highest BCUT2D eigenvalue weighted by molar-refractivity contribution is 5.91. The number of esters is 1. The number of cyclic esters (lactones) is 1. The molecule has 0 spiro atoms. The van der Waals surface area contributed by atoms with Crippen LogP contribution in [0.25, 0.3) is 0 Å². The van der Waals surface area contributed by atoms with Gasteiger partial charge in [0, 0.05) is 12.1 Å². The molecule has 4 aliphatic rings. The molecule has 6 heteroatoms. The fraction of sp³-hybridized carbons (Fsp3) is 0.893. The Bertz CT molecular complexity index is 811. The molecular weight excluding hydrogens is 426 g/mol. The van der Waals surface area contributed by atoms with Crippen molar-refractivity contribution in [3.05, 3.63) is 0 Å². The van der Waals surface area contributed by atoms with Gasteiger partial charge in [0.05, 0.1) is 12.5 Å². The minimum atomic E-state index is -0.662. The van der Waals surface area contributed by atoms with E-state index in [9.17, 15) is 9.59 Å². The molecule has 2 amide bonds. The van der Waals surface area contributed by atoms with Crippen LogP contribution in [-0.2, 0) is 9.53 Å². The first kappa shape index (κ1) is 25.5. The number of urea groups is 1. The minimum Gasteiger partial charge on any atom is -0.465 e. The fourth-order valence-electron chi connectivity index (χ4n) is 8.83. The molecule has 34 heavy (non-hydrogen) atoms. The zero-order chi connectivity index (χ0) is 24.7. The van der Waals surface area contributed by atoms with Crippen LogP contribution in [0.3, 0.4) is 0 Å². The molecule has 3 N–H and O–H groups in total. The van der Waals surface area contributed by atoms with Gasteiger partial charge in [0.15, 0.2) is 0 Å². The smallest absolute Gasteiger partial charge is 0.332 e. The van der Waals surface area contributed by atoms with Gasteiger partial charge >= 0.3 is 12.0 Å². The SMILES string of the molecule is CC(C)CCC[C@@H](C)[C@H]1CC[C@H]2[C@@H]3COC(=O)[C@H]4C/C(=N/NC(N)=O)CC[C@]4(C)[C@H]3CC[C@]12C. The Morgan fingerprint density at radius 1 is 1.12 bits per heavy atom. The largest absolute Gasteiger partial charge is 0.465 e. The predicted molar refractivity (Wildman–Crippen MR) is 135 cm³/mol. The van der Waals surface area contributed by atoms with Gasteiger partial charge < -0.3 is 10.5 Å². The van der Waals surface area contributed by atoms with Crippen LogP contribution in [0.4, 0.5) is 4.79 Å². The summed E-state index contributed by atoms with van der Waals surface area (Å²) < 4.78 is 6.02. The summed E-state index contributed by atoms with van der Waals surface area (Å²) in [5.41, 5.74) is 8.71. The Balaban J connectivity index is 1.51. The van der Waals surface area contributed by atoms with Crippen molar-refractivity contribution in [2.45, 2.75) is 98.8 Å². The fourth-order valence-corrected chi connectivity index (χ4v) is 8.83. The standard InChI is InChI=1S/C28H47N3O3/c1-17(2)7-6-8-18(3)21-9-10-22-20-16-34-25(32)24-15-19(30-31-26(29)33)11-13-28(24,5)23(20)12-14-27(21,22)4/h17-18,20-24H,6-16H2,1-5H3,(H3,29,31,33)/b30-19+/t18-,20+,21-,22+,23+,24-,27-,28-/m1/s1. The van der Waals surface area contributed by atoms with E-state index in [1.807, 2.05) is 0 Å². The number of ether oxygens (including phenoxy) is 1. The van der Waals surface area contributed by atoms with Crippen LogP contribution in [0.1, 0.15) is 98.8 Å². The van der Waals surface area contributed by atoms with Gasteiger partial charge in [0.2, 0.25) is 0 Å². The van der Waals surface area contributed by atoms with Crippen molar-refractivity contribution in [3.63, 3.8) is 0 Å². The number of rotatable bonds is 6. The van der Waals surface area contributed by atoms with E-state index in [-0.39, 0.29) is 17.3 Å². The van der Waals surface area contributed by atoms with Gasteiger partial charge in [-0.05, 0) is 84.9 Å². The third-order valence-electron chi connectivity index (χ3n) is 10.7. The lowest BCUT2D eigenvalue weighted by molar-refractivity contribution is -0.151. The molecule has 0 unspecified atom stereocenters. The number of hydrazone groups is 1. The topological polar surface area (TPSA) is 93.8 Å². The highest BCUT2D eigenvalue weighted by Crippen LogP contribution is 2.66. The summed E-state index contributed by atoms with van der Waals surface area (Å²) in [7, 11) is 0. The number of hydrogen-bond donors (Lipinski definition) is 2. The zero-order valence-electron chi connectivity index (χ0n) is 22.1. The molecule has 8 atom stereocenters. The van der Waals surface area contributed by atoms with Gasteiger partial charge in [0.1, 0.15) is 0 Å². The summed E-state index contributed by atoms with van der Waals surface area (Å²) in [5, 5.41) is 4.19. The lowest BCUT2D eigenvalue weighted by atomic mass is 9.49. The monoisotopic (exact) mass is 473 g/mol. The van der Waals surface area contributed by atoms with E-state index >= 15 is 0 Å². The summed E-state index contributed by atoms with van der Waals surface area (Å²) in [5.74, 6) is 3.74. The second-order valence-electron chi connectivity index (χ2n) is 13.0. The van der Waals surface area contributed by atoms with E-state index in [2.05, 4.69) is 45.1 Å². The highest BCUT2D eigenvalue weighted by atomic mass is 16.5. The second kappa shape index (κ2) is 9.81. The molecule has 3 saturated carbocycles. The second-order valence-corrected chi connectivity index (χ2v) is 13.0. The van der Waals surface area contributed by atoms with Crippen molar-refractivity contribution in [1.29, 1.82) is 0 Å². The number of nitrogens with zero attached hydrogens (tertiary/aromatic N) is 1. The molecule has 4 rings (SSSR count). The van der Waals surface area contributed by atoms with E-state index in [4.69, 9.17) is 10.5 Å². The Morgan fingerprint density at radius 2 is 1.85 bits per heavy atom. The number of nitrogens with two attached hydrogens (primary N) is 1. The number of primary amides is 1. The quantitative estimate of drug-likeness (QED) is 0.372. The molecular formula is C28H47N3O3. The first-order chi connectivity index (χ1) is 16.1. The minimum absolute atomic E-state index is 0.0632. The Kier molecular flexibility index (Phi) is 7.36. The van der Waals surface area contributed by atoms with E-state index in [0.717, 1.165) is 36.3 Å². The van der Waals surface area contributed by atoms with Crippen LogP contribution < -0.4 is 11.2 Å². The summed E-state index contributed by atoms with van der Waals surface area (Å²) in [6.45, 7) is 12.6. The van der Waals surface area contributed by atoms with Gasteiger partial charge in [-0.2, -0.15) is 5.10 Å². The van der Waals surface area contributed by atoms with E-state index in [0.29, 0.717) is 36.2 Å². The van der Waals surface area contributed by atoms with Crippen LogP contribution in [0.5, 0.6) is 0 Å². The number of fused-ring (bicyclic) bond motifs is 5. The van der Waals surface area contributed by atoms with Crippen LogP contribution in [-0.4, -0.2) is 24.3 Å². The van der Waals surface area contributed by atoms with Gasteiger partial charge in [-0.15, -0.1) is 0 Å². The van der Waals surface area contributed by atoms with Crippen molar-refractivity contribution in [2.24, 2.45) is 63.1 Å². The maximum atomic E-state index is 13.2. The summed E-state index contributed by atoms with van der Waals surface area (Å²) in [6, 6.07) is -0.662. The number of carbonyl (C=O) groups is 2. The number of nitrogens with one attached hydrogen (secondary N) is 1. The molecule has 6 nitrogen and oxygen atoms in total. The Hall–Kier alpha value is -1.59. The Morgan fingerprint density at radius 3 is 2.56 bits per heavy atom. The first-order valence-electron chi connectivity index (χ1n) is 13.8. The molecule has 192 valence electrons. The van der Waals surface area contributed by atoms with Crippen molar-refractivity contribution in [1.82, 2.24) is 5.43 Å². The van der Waals surface area contributed by atoms with Gasteiger partial charge in [0.25, 0.3) is 0 Å². The lowest BCUT2D eigenvalue weighted by Crippen LogP contribution is -2.51. The van der Waals surface area contributed by atoms with Crippen molar-refractivity contribution >= 4 is 17.7 Å². The van der Waals surface area contributed by atoms with Gasteiger partial charge in [-0.3, -0.25) is 4.79 Å². The normalized spacial score (nSPS) is 41.8. The van der Waals surface area contributed by atoms with E-state index in [1.165, 1.54) is 44.9 Å². The molecule has 4 fully saturated rings. The number of carbonyl (C=O) groups excluding carboxylic acids is 2. The van der Waals surface area contributed by atoms with E-state index in [1.54, 1.807) is 0 Å². The van der Waals surface area contributed by atoms with Crippen LogP contribution >= 0.6 is 0 Å². The molecule has 1 saturated heterocycles. The lowest BCUT2D eigenvalue weighted by Gasteiger charge is -2.55. The average molecular weight is 474 g/mol. The molecule has 0 aromatic heterocycles. The average Bonchev–Trinajstić information content (AvgIpc) is 3.08. The molecule has 3 aliphatic carbocycles. The predicted octanol–water partition coefficient (Wildman–Crippen LogP) is 5.90. The molecule has 0 aromatic rings. The third kappa shape index (κ3) is 4.63. The Labute approximate surface area is 206 Å². The molecule has 1 aliphatic heterocycles. The number of hydrogen-bond acceptors (Lipinski definition) is 4. The number of amides is 2. The van der Waals surface area contributed by atoms with Crippen LogP contribution in [0.2, 0.25) is 0 Å². The van der Waals surface area contributed by atoms with Crippen LogP contribution in [0.15, 0.2) is 5.10 Å². The molecule has 1 heterocycles. The highest BCUT2D eigenvalue weighted by Gasteiger charge is 2.61. The van der Waals surface area contributed by atoms with E-state index < -0.39 is 6.03 Å². The maximum absolute atomic E-state index is 13.2. The molecule has 0 radical (unpaired) electrons. The van der Waals surface area contributed by atoms with Crippen molar-refractivity contribution in [2.75, 3.05) is 6.61 Å². The van der Waals surface area contributed by atoms with Gasteiger partial charge in [-0.1, -0.05) is 53.9 Å². The third-order valence-corrected chi connectivity index (χ3v) is 10.7. The van der Waals surface area contributed by atoms with Gasteiger partial charge in [-0.25, -0.2) is 10.2 Å². The molecule has 0 bridgehead atoms. The van der Waals surface area contributed by atoms with Crippen molar-refractivity contribution < 1.29 is 14.3 Å². The maximum Gasteiger partial charge on any atom is 0.332 e. The zero-order valence-corrected chi connectivity index (χ0v) is 22.1. The van der Waals surface area contributed by atoms with Crippen LogP contribution in [0, 0.1) is 52.3 Å². The first-order valence-corrected chi connectivity index (χ1v) is 13.8. The van der Waals surface area contributed by atoms with Crippen molar-refractivity contribution in [3.8, 4) is 0 Å². The molecule has 0 aromatic carbocycles. The summed E-state index contributed by atoms with van der Waals surface area (Å²) in [4.78, 5) is 24.3. The summed E-state index contributed by atoms with van der Waals surface area (Å²) in [6.07, 6.45) is 11.4.